The van der Waals surface area contributed by atoms with Crippen LogP contribution in [0.3, 0.4) is 0 Å². The van der Waals surface area contributed by atoms with Crippen molar-refractivity contribution >= 4 is 23.8 Å². The van der Waals surface area contributed by atoms with E-state index in [1.807, 2.05) is 0 Å². The number of carboxylic acids is 1. The Bertz CT molecular complexity index is 354. The first-order valence-electron chi connectivity index (χ1n) is 6.85. The molecule has 108 valence electrons. The van der Waals surface area contributed by atoms with E-state index < -0.39 is 12.0 Å². The molecule has 6 heteroatoms. The number of rotatable bonds is 2. The van der Waals surface area contributed by atoms with Crippen LogP contribution >= 0.6 is 11.8 Å². The van der Waals surface area contributed by atoms with Gasteiger partial charge in [0.25, 0.3) is 0 Å². The quantitative estimate of drug-likeness (QED) is 0.814. The third-order valence-corrected chi connectivity index (χ3v) is 4.95. The van der Waals surface area contributed by atoms with E-state index in [4.69, 9.17) is 5.11 Å². The Hall–Kier alpha value is -0.910. The number of carbonyl (C=O) groups is 2. The standard InChI is InChI=1S/C13H22N2O3S/c1-8-3-9(2)5-10(4-8)14-13(18)15-7-19-6-11(15)12(16)17/h8-11H,3-7H2,1-2H3,(H,14,18)(H,16,17)/t8?,9?,10?,11-/m0/s1. The molecule has 2 amide bonds. The second kappa shape index (κ2) is 6.03. The van der Waals surface area contributed by atoms with Crippen LogP contribution in [-0.4, -0.2) is 45.7 Å². The zero-order chi connectivity index (χ0) is 14.0. The molecule has 5 nitrogen and oxygen atoms in total. The second-order valence-electron chi connectivity index (χ2n) is 5.89. The van der Waals surface area contributed by atoms with Crippen LogP contribution in [0, 0.1) is 11.8 Å². The summed E-state index contributed by atoms with van der Waals surface area (Å²) in [5.41, 5.74) is 0. The summed E-state index contributed by atoms with van der Waals surface area (Å²) in [5.74, 6) is 1.29. The number of amides is 2. The maximum atomic E-state index is 12.2. The second-order valence-corrected chi connectivity index (χ2v) is 6.89. The fourth-order valence-electron chi connectivity index (χ4n) is 3.17. The van der Waals surface area contributed by atoms with Gasteiger partial charge in [-0.05, 0) is 31.1 Å². The van der Waals surface area contributed by atoms with Gasteiger partial charge >= 0.3 is 12.0 Å². The molecule has 0 aromatic rings. The Kier molecular flexibility index (Phi) is 4.60. The molecule has 0 aromatic heterocycles. The summed E-state index contributed by atoms with van der Waals surface area (Å²) in [6.45, 7) is 4.42. The lowest BCUT2D eigenvalue weighted by Gasteiger charge is -2.33. The summed E-state index contributed by atoms with van der Waals surface area (Å²) in [4.78, 5) is 24.7. The molecule has 0 aromatic carbocycles. The van der Waals surface area contributed by atoms with E-state index >= 15 is 0 Å². The average molecular weight is 286 g/mol. The Labute approximate surface area is 118 Å². The van der Waals surface area contributed by atoms with Crippen LogP contribution in [0.15, 0.2) is 0 Å². The minimum Gasteiger partial charge on any atom is -0.480 e. The number of thioether (sulfide) groups is 1. The Morgan fingerprint density at radius 3 is 2.42 bits per heavy atom. The monoisotopic (exact) mass is 286 g/mol. The van der Waals surface area contributed by atoms with Gasteiger partial charge in [0.1, 0.15) is 6.04 Å². The van der Waals surface area contributed by atoms with Crippen molar-refractivity contribution in [1.82, 2.24) is 10.2 Å². The van der Waals surface area contributed by atoms with E-state index in [9.17, 15) is 9.59 Å². The van der Waals surface area contributed by atoms with Crippen LogP contribution in [0.25, 0.3) is 0 Å². The number of nitrogens with one attached hydrogen (secondary N) is 1. The summed E-state index contributed by atoms with van der Waals surface area (Å²) >= 11 is 1.49. The lowest BCUT2D eigenvalue weighted by atomic mass is 9.80. The smallest absolute Gasteiger partial charge is 0.327 e. The Morgan fingerprint density at radius 1 is 1.21 bits per heavy atom. The van der Waals surface area contributed by atoms with Crippen molar-refractivity contribution in [2.24, 2.45) is 11.8 Å². The minimum atomic E-state index is -0.912. The molecule has 1 saturated carbocycles. The normalized spacial score (nSPS) is 35.2. The topological polar surface area (TPSA) is 69.6 Å². The summed E-state index contributed by atoms with van der Waals surface area (Å²) in [5, 5.41) is 12.1. The fourth-order valence-corrected chi connectivity index (χ4v) is 4.31. The molecule has 1 heterocycles. The van der Waals surface area contributed by atoms with Crippen molar-refractivity contribution in [1.29, 1.82) is 0 Å². The maximum absolute atomic E-state index is 12.2. The number of carbonyl (C=O) groups excluding carboxylic acids is 1. The molecule has 3 atom stereocenters. The molecule has 0 spiro atoms. The SMILES string of the molecule is CC1CC(C)CC(NC(=O)N2CSC[C@H]2C(=O)O)C1. The van der Waals surface area contributed by atoms with Gasteiger partial charge in [0.2, 0.25) is 0 Å². The summed E-state index contributed by atoms with van der Waals surface area (Å²) < 4.78 is 0. The van der Waals surface area contributed by atoms with Crippen LogP contribution in [0.2, 0.25) is 0 Å². The van der Waals surface area contributed by atoms with Crippen molar-refractivity contribution in [2.45, 2.75) is 45.2 Å². The number of urea groups is 1. The van der Waals surface area contributed by atoms with Crippen LogP contribution in [0.1, 0.15) is 33.1 Å². The zero-order valence-electron chi connectivity index (χ0n) is 11.5. The van der Waals surface area contributed by atoms with Gasteiger partial charge in [-0.1, -0.05) is 13.8 Å². The van der Waals surface area contributed by atoms with Crippen molar-refractivity contribution < 1.29 is 14.7 Å². The number of hydrogen-bond acceptors (Lipinski definition) is 3. The average Bonchev–Trinajstić information content (AvgIpc) is 2.75. The molecular formula is C13H22N2O3S. The van der Waals surface area contributed by atoms with E-state index in [0.717, 1.165) is 12.8 Å². The molecule has 2 fully saturated rings. The Balaban J connectivity index is 1.91. The summed E-state index contributed by atoms with van der Waals surface area (Å²) in [6.07, 6.45) is 3.20. The summed E-state index contributed by atoms with van der Waals surface area (Å²) in [6, 6.07) is -0.710. The van der Waals surface area contributed by atoms with E-state index in [0.29, 0.717) is 23.5 Å². The molecule has 2 N–H and O–H groups in total. The van der Waals surface area contributed by atoms with Crippen LogP contribution in [0.4, 0.5) is 4.79 Å². The number of aliphatic carboxylic acids is 1. The van der Waals surface area contributed by atoms with Gasteiger partial charge in [-0.25, -0.2) is 9.59 Å². The van der Waals surface area contributed by atoms with Gasteiger partial charge < -0.3 is 15.3 Å². The molecule has 19 heavy (non-hydrogen) atoms. The first-order chi connectivity index (χ1) is 8.97. The molecule has 1 aliphatic heterocycles. The third kappa shape index (κ3) is 3.55. The van der Waals surface area contributed by atoms with Gasteiger partial charge in [-0.3, -0.25) is 0 Å². The highest BCUT2D eigenvalue weighted by molar-refractivity contribution is 7.99. The first kappa shape index (κ1) is 14.5. The molecule has 1 saturated heterocycles. The van der Waals surface area contributed by atoms with Crippen molar-refractivity contribution in [2.75, 3.05) is 11.6 Å². The lowest BCUT2D eigenvalue weighted by molar-refractivity contribution is -0.140. The highest BCUT2D eigenvalue weighted by atomic mass is 32.2. The summed E-state index contributed by atoms with van der Waals surface area (Å²) in [7, 11) is 0. The minimum absolute atomic E-state index is 0.186. The van der Waals surface area contributed by atoms with Gasteiger partial charge in [-0.15, -0.1) is 11.8 Å². The van der Waals surface area contributed by atoms with Gasteiger partial charge in [-0.2, -0.15) is 0 Å². The number of hydrogen-bond donors (Lipinski definition) is 2. The number of carboxylic acid groups (broad SMARTS) is 1. The van der Waals surface area contributed by atoms with Crippen LogP contribution < -0.4 is 5.32 Å². The zero-order valence-corrected chi connectivity index (χ0v) is 12.3. The molecule has 2 aliphatic rings. The predicted octanol–water partition coefficient (Wildman–Crippen LogP) is 1.98. The molecule has 2 unspecified atom stereocenters. The van der Waals surface area contributed by atoms with Crippen LogP contribution in [-0.2, 0) is 4.79 Å². The largest absolute Gasteiger partial charge is 0.480 e. The fraction of sp³-hybridized carbons (Fsp3) is 0.846. The lowest BCUT2D eigenvalue weighted by Crippen LogP contribution is -2.51. The maximum Gasteiger partial charge on any atom is 0.327 e. The van der Waals surface area contributed by atoms with E-state index in [1.54, 1.807) is 0 Å². The van der Waals surface area contributed by atoms with E-state index in [2.05, 4.69) is 19.2 Å². The van der Waals surface area contributed by atoms with Crippen molar-refractivity contribution in [3.63, 3.8) is 0 Å². The number of nitrogens with zero attached hydrogens (tertiary/aromatic N) is 1. The van der Waals surface area contributed by atoms with Crippen molar-refractivity contribution in [3.05, 3.63) is 0 Å². The van der Waals surface area contributed by atoms with Gasteiger partial charge in [0.15, 0.2) is 0 Å². The molecule has 0 radical (unpaired) electrons. The highest BCUT2D eigenvalue weighted by Crippen LogP contribution is 2.29. The predicted molar refractivity (Wildman–Crippen MR) is 75.1 cm³/mol. The first-order valence-corrected chi connectivity index (χ1v) is 8.00. The Morgan fingerprint density at radius 2 is 1.84 bits per heavy atom. The van der Waals surface area contributed by atoms with E-state index in [-0.39, 0.29) is 12.1 Å². The third-order valence-electron chi connectivity index (χ3n) is 3.93. The van der Waals surface area contributed by atoms with Gasteiger partial charge in [0, 0.05) is 11.8 Å². The highest BCUT2D eigenvalue weighted by Gasteiger charge is 2.36. The van der Waals surface area contributed by atoms with Gasteiger partial charge in [0.05, 0.1) is 5.88 Å². The molecule has 2 rings (SSSR count). The van der Waals surface area contributed by atoms with Crippen LogP contribution in [0.5, 0.6) is 0 Å². The molecular weight excluding hydrogens is 264 g/mol. The van der Waals surface area contributed by atoms with E-state index in [1.165, 1.54) is 23.1 Å². The molecule has 1 aliphatic carbocycles. The molecule has 0 bridgehead atoms. The van der Waals surface area contributed by atoms with Crippen molar-refractivity contribution in [3.8, 4) is 0 Å².